The molecule has 0 radical (unpaired) electrons. The van der Waals surface area contributed by atoms with Gasteiger partial charge in [-0.3, -0.25) is 4.98 Å². The van der Waals surface area contributed by atoms with Gasteiger partial charge in [-0.1, -0.05) is 18.2 Å². The second-order valence-electron chi connectivity index (χ2n) is 7.00. The molecule has 0 amide bonds. The van der Waals surface area contributed by atoms with Gasteiger partial charge in [0, 0.05) is 53.5 Å². The van der Waals surface area contributed by atoms with E-state index in [1.54, 1.807) is 6.20 Å². The maximum Gasteiger partial charge on any atom is 0.213 e. The predicted molar refractivity (Wildman–Crippen MR) is 102 cm³/mol. The minimum atomic E-state index is 0.344. The zero-order valence-electron chi connectivity index (χ0n) is 14.4. The zero-order chi connectivity index (χ0) is 17.5. The van der Waals surface area contributed by atoms with Crippen molar-refractivity contribution >= 4 is 5.71 Å². The maximum absolute atomic E-state index is 8.34. The molecule has 1 saturated carbocycles. The lowest BCUT2D eigenvalue weighted by molar-refractivity contribution is 0.114. The van der Waals surface area contributed by atoms with Crippen molar-refractivity contribution in [1.29, 1.82) is 5.41 Å². The monoisotopic (exact) mass is 341 g/mol. The number of benzene rings is 1. The Kier molecular flexibility index (Phi) is 3.56. The summed E-state index contributed by atoms with van der Waals surface area (Å²) in [4.78, 5) is 8.70. The average Bonchev–Trinajstić information content (AvgIpc) is 2.65. The van der Waals surface area contributed by atoms with E-state index in [0.29, 0.717) is 24.1 Å². The highest BCUT2D eigenvalue weighted by Crippen LogP contribution is 2.35. The van der Waals surface area contributed by atoms with Crippen LogP contribution in [0.1, 0.15) is 30.4 Å². The minimum absolute atomic E-state index is 0.344. The van der Waals surface area contributed by atoms with Crippen molar-refractivity contribution in [3.05, 3.63) is 66.1 Å². The van der Waals surface area contributed by atoms with Crippen LogP contribution in [-0.2, 0) is 6.42 Å². The molecule has 0 saturated heterocycles. The first-order chi connectivity index (χ1) is 12.8. The van der Waals surface area contributed by atoms with Crippen molar-refractivity contribution in [2.45, 2.75) is 31.8 Å². The van der Waals surface area contributed by atoms with Gasteiger partial charge in [-0.05, 0) is 48.1 Å². The molecule has 5 rings (SSSR count). The van der Waals surface area contributed by atoms with E-state index < -0.39 is 0 Å². The first kappa shape index (κ1) is 15.3. The smallest absolute Gasteiger partial charge is 0.213 e. The van der Waals surface area contributed by atoms with Crippen LogP contribution in [0.5, 0.6) is 5.88 Å². The molecule has 2 aliphatic carbocycles. The van der Waals surface area contributed by atoms with Crippen LogP contribution in [0.4, 0.5) is 0 Å². The number of aromatic nitrogens is 2. The van der Waals surface area contributed by atoms with Crippen molar-refractivity contribution in [3.63, 3.8) is 0 Å². The highest BCUT2D eigenvalue weighted by molar-refractivity contribution is 6.08. The summed E-state index contributed by atoms with van der Waals surface area (Å²) in [6.07, 6.45) is 10.0. The van der Waals surface area contributed by atoms with Gasteiger partial charge in [0.05, 0.1) is 0 Å². The van der Waals surface area contributed by atoms with E-state index in [1.165, 1.54) is 17.5 Å². The summed E-state index contributed by atoms with van der Waals surface area (Å²) in [7, 11) is 0. The lowest BCUT2D eigenvalue weighted by atomic mass is 9.84. The molecule has 2 heterocycles. The van der Waals surface area contributed by atoms with Gasteiger partial charge >= 0.3 is 0 Å². The van der Waals surface area contributed by atoms with Crippen LogP contribution in [-0.4, -0.2) is 21.8 Å². The maximum atomic E-state index is 8.34. The van der Waals surface area contributed by atoms with Gasteiger partial charge in [0.2, 0.25) is 5.88 Å². The van der Waals surface area contributed by atoms with Crippen LogP contribution in [0.25, 0.3) is 22.3 Å². The summed E-state index contributed by atoms with van der Waals surface area (Å²) in [5.74, 6) is 0.707. The molecule has 2 aliphatic rings. The van der Waals surface area contributed by atoms with Gasteiger partial charge in [0.25, 0.3) is 0 Å². The number of nitrogens with zero attached hydrogens (tertiary/aromatic N) is 2. The molecule has 2 aromatic heterocycles. The molecule has 4 heteroatoms. The average molecular weight is 341 g/mol. The van der Waals surface area contributed by atoms with E-state index in [0.717, 1.165) is 35.1 Å². The Morgan fingerprint density at radius 2 is 1.81 bits per heavy atom. The Hall–Kier alpha value is -3.01. The quantitative estimate of drug-likeness (QED) is 0.753. The summed E-state index contributed by atoms with van der Waals surface area (Å²) in [5.41, 5.74) is 7.21. The van der Waals surface area contributed by atoms with Gasteiger partial charge in [-0.2, -0.15) is 0 Å². The number of pyridine rings is 2. The Morgan fingerprint density at radius 3 is 2.58 bits per heavy atom. The van der Waals surface area contributed by atoms with Crippen molar-refractivity contribution in [2.75, 3.05) is 0 Å². The molecular formula is C22H19N3O. The normalized spacial score (nSPS) is 15.8. The summed E-state index contributed by atoms with van der Waals surface area (Å²) in [6.45, 7) is 0. The Bertz CT molecular complexity index is 991. The molecule has 1 N–H and O–H groups in total. The molecule has 128 valence electrons. The third-order valence-electron chi connectivity index (χ3n) is 5.32. The molecule has 3 aromatic rings. The van der Waals surface area contributed by atoms with Crippen molar-refractivity contribution in [2.24, 2.45) is 0 Å². The highest BCUT2D eigenvalue weighted by Gasteiger charge is 2.21. The third kappa shape index (κ3) is 2.58. The van der Waals surface area contributed by atoms with E-state index in [4.69, 9.17) is 10.1 Å². The first-order valence-electron chi connectivity index (χ1n) is 9.06. The number of fused-ring (bicyclic) bond motifs is 3. The lowest BCUT2D eigenvalue weighted by Gasteiger charge is -2.25. The van der Waals surface area contributed by atoms with Gasteiger partial charge in [-0.15, -0.1) is 0 Å². The number of rotatable bonds is 3. The Labute approximate surface area is 152 Å². The standard InChI is InChI=1S/C22H19N3O/c23-21-11-16-10-14(4-6-18(16)20-13-24-9-8-19(20)21)15-5-7-22(25-12-15)26-17-2-1-3-17/h4-10,12-13,17,23H,1-3,11H2. The summed E-state index contributed by atoms with van der Waals surface area (Å²) in [6, 6.07) is 12.4. The number of hydrogen-bond acceptors (Lipinski definition) is 4. The molecule has 0 bridgehead atoms. The molecule has 26 heavy (non-hydrogen) atoms. The topological polar surface area (TPSA) is 58.9 Å². The molecule has 4 nitrogen and oxygen atoms in total. The lowest BCUT2D eigenvalue weighted by Crippen LogP contribution is -2.24. The second kappa shape index (κ2) is 6.06. The van der Waals surface area contributed by atoms with E-state index >= 15 is 0 Å². The predicted octanol–water partition coefficient (Wildman–Crippen LogP) is 4.67. The van der Waals surface area contributed by atoms with Gasteiger partial charge in [-0.25, -0.2) is 4.98 Å². The molecule has 1 aromatic carbocycles. The Morgan fingerprint density at radius 1 is 0.923 bits per heavy atom. The van der Waals surface area contributed by atoms with Crippen LogP contribution in [0.3, 0.4) is 0 Å². The molecule has 0 aliphatic heterocycles. The van der Waals surface area contributed by atoms with Crippen LogP contribution in [0.2, 0.25) is 0 Å². The van der Waals surface area contributed by atoms with E-state index in [2.05, 4.69) is 34.2 Å². The molecule has 1 fully saturated rings. The van der Waals surface area contributed by atoms with Crippen LogP contribution >= 0.6 is 0 Å². The zero-order valence-corrected chi connectivity index (χ0v) is 14.4. The fourth-order valence-corrected chi connectivity index (χ4v) is 3.62. The van der Waals surface area contributed by atoms with Crippen LogP contribution in [0, 0.1) is 5.41 Å². The van der Waals surface area contributed by atoms with Crippen LogP contribution in [0.15, 0.2) is 55.0 Å². The minimum Gasteiger partial charge on any atom is -0.474 e. The largest absolute Gasteiger partial charge is 0.474 e. The number of hydrogen-bond donors (Lipinski definition) is 1. The van der Waals surface area contributed by atoms with Gasteiger partial charge in [0.1, 0.15) is 6.10 Å². The highest BCUT2D eigenvalue weighted by atomic mass is 16.5. The van der Waals surface area contributed by atoms with E-state index in [-0.39, 0.29) is 0 Å². The fourth-order valence-electron chi connectivity index (χ4n) is 3.62. The van der Waals surface area contributed by atoms with Gasteiger partial charge in [0.15, 0.2) is 0 Å². The van der Waals surface area contributed by atoms with E-state index in [1.807, 2.05) is 24.5 Å². The molecule has 0 spiro atoms. The molecule has 0 atom stereocenters. The number of ether oxygens (including phenoxy) is 1. The first-order valence-corrected chi connectivity index (χ1v) is 9.06. The van der Waals surface area contributed by atoms with Crippen molar-refractivity contribution in [1.82, 2.24) is 9.97 Å². The molecular weight excluding hydrogens is 322 g/mol. The van der Waals surface area contributed by atoms with Crippen LogP contribution < -0.4 is 4.74 Å². The Balaban J connectivity index is 1.46. The van der Waals surface area contributed by atoms with Crippen molar-refractivity contribution in [3.8, 4) is 28.1 Å². The van der Waals surface area contributed by atoms with Crippen molar-refractivity contribution < 1.29 is 4.74 Å². The summed E-state index contributed by atoms with van der Waals surface area (Å²) >= 11 is 0. The summed E-state index contributed by atoms with van der Waals surface area (Å²) < 4.78 is 5.84. The third-order valence-corrected chi connectivity index (χ3v) is 5.32. The van der Waals surface area contributed by atoms with Gasteiger partial charge < -0.3 is 10.1 Å². The molecule has 0 unspecified atom stereocenters. The van der Waals surface area contributed by atoms with E-state index in [9.17, 15) is 0 Å². The second-order valence-corrected chi connectivity index (χ2v) is 7.00. The SMILES string of the molecule is N=C1Cc2cc(-c3ccc(OC4CCC4)nc3)ccc2-c2cnccc21. The number of nitrogens with one attached hydrogen (secondary N) is 1. The summed E-state index contributed by atoms with van der Waals surface area (Å²) in [5, 5.41) is 8.34. The fraction of sp³-hybridized carbons (Fsp3) is 0.227.